The van der Waals surface area contributed by atoms with E-state index in [1.54, 1.807) is 17.7 Å². The van der Waals surface area contributed by atoms with Crippen molar-refractivity contribution >= 4 is 37.6 Å². The van der Waals surface area contributed by atoms with Crippen molar-refractivity contribution in [1.29, 1.82) is 0 Å². The first-order valence-corrected chi connectivity index (χ1v) is 11.4. The van der Waals surface area contributed by atoms with Gasteiger partial charge in [0.05, 0.1) is 43.0 Å². The van der Waals surface area contributed by atoms with Gasteiger partial charge in [0.2, 0.25) is 0 Å². The van der Waals surface area contributed by atoms with Gasteiger partial charge < -0.3 is 14.9 Å². The van der Waals surface area contributed by atoms with Gasteiger partial charge in [0, 0.05) is 11.1 Å². The van der Waals surface area contributed by atoms with Crippen molar-refractivity contribution in [3.8, 4) is 0 Å². The summed E-state index contributed by atoms with van der Waals surface area (Å²) in [5, 5.41) is 10.5. The summed E-state index contributed by atoms with van der Waals surface area (Å²) >= 11 is 1.77. The number of nitrogens with one attached hydrogen (secondary N) is 1. The van der Waals surface area contributed by atoms with E-state index in [1.807, 2.05) is 0 Å². The van der Waals surface area contributed by atoms with E-state index in [9.17, 15) is 5.11 Å². The molecule has 3 aromatic rings. The number of pyridine rings is 1. The highest BCUT2D eigenvalue weighted by Gasteiger charge is 2.27. The zero-order valence-electron chi connectivity index (χ0n) is 16.5. The van der Waals surface area contributed by atoms with E-state index in [-0.39, 0.29) is 6.61 Å². The largest absolute Gasteiger partial charge is 0.391 e. The number of aliphatic hydroxyl groups excluding tert-OH is 1. The zero-order chi connectivity index (χ0) is 19.1. The van der Waals surface area contributed by atoms with E-state index < -0.39 is 0 Å². The van der Waals surface area contributed by atoms with Crippen LogP contribution in [-0.4, -0.2) is 59.4 Å². The molecule has 3 aromatic heterocycles. The first kappa shape index (κ1) is 18.2. The van der Waals surface area contributed by atoms with Crippen LogP contribution in [0.15, 0.2) is 6.33 Å². The molecule has 0 unspecified atom stereocenters. The Morgan fingerprint density at radius 2 is 2.00 bits per heavy atom. The van der Waals surface area contributed by atoms with Crippen molar-refractivity contribution in [1.82, 2.24) is 15.0 Å². The molecular formula is C21H28N5OS+. The van der Waals surface area contributed by atoms with E-state index in [0.717, 1.165) is 68.2 Å². The molecule has 0 saturated carbocycles. The van der Waals surface area contributed by atoms with Gasteiger partial charge in [0.15, 0.2) is 5.82 Å². The smallest absolute Gasteiger partial charge is 0.150 e. The molecule has 148 valence electrons. The molecule has 2 aliphatic rings. The summed E-state index contributed by atoms with van der Waals surface area (Å²) in [4.78, 5) is 19.5. The van der Waals surface area contributed by atoms with Crippen LogP contribution in [0.25, 0.3) is 20.4 Å². The molecule has 1 aliphatic carbocycles. The Morgan fingerprint density at radius 3 is 2.79 bits per heavy atom. The lowest BCUT2D eigenvalue weighted by Gasteiger charge is -2.32. The summed E-state index contributed by atoms with van der Waals surface area (Å²) in [5.74, 6) is 1.07. The fourth-order valence-corrected chi connectivity index (χ4v) is 6.07. The molecule has 0 aromatic carbocycles. The number of hydrogen-bond donors (Lipinski definition) is 2. The van der Waals surface area contributed by atoms with Gasteiger partial charge in [0.25, 0.3) is 0 Å². The highest BCUT2D eigenvalue weighted by molar-refractivity contribution is 7.26. The Morgan fingerprint density at radius 1 is 1.18 bits per heavy atom. The normalized spacial score (nSPS) is 17.7. The molecular weight excluding hydrogens is 370 g/mol. The average molecular weight is 399 g/mol. The van der Waals surface area contributed by atoms with Gasteiger partial charge in [-0.25, -0.2) is 15.0 Å². The number of quaternary nitrogens is 1. The second kappa shape index (κ2) is 7.54. The van der Waals surface area contributed by atoms with E-state index in [4.69, 9.17) is 9.97 Å². The second-order valence-electron chi connectivity index (χ2n) is 7.99. The standard InChI is InChI=1S/C21H27N5OS/c1-2-4-16-14-5-3-6-15(14)17-18-19(28-21(17)24-16)20(23-13-22-18)26-9-7-25(8-10-26)11-12-27/h13,27H,2-12H2,1H3/p+1. The molecule has 2 N–H and O–H groups in total. The molecule has 1 fully saturated rings. The van der Waals surface area contributed by atoms with Crippen LogP contribution >= 0.6 is 11.3 Å². The van der Waals surface area contributed by atoms with Crippen LogP contribution in [0.3, 0.4) is 0 Å². The van der Waals surface area contributed by atoms with Crippen LogP contribution in [0.1, 0.15) is 36.6 Å². The van der Waals surface area contributed by atoms with Gasteiger partial charge in [-0.05, 0) is 36.8 Å². The molecule has 0 bridgehead atoms. The number of aliphatic hydroxyl groups is 1. The number of piperazine rings is 1. The number of hydrogen-bond acceptors (Lipinski definition) is 6. The summed E-state index contributed by atoms with van der Waals surface area (Å²) in [6, 6.07) is 0. The molecule has 1 saturated heterocycles. The maximum atomic E-state index is 9.20. The van der Waals surface area contributed by atoms with E-state index in [0.29, 0.717) is 0 Å². The minimum Gasteiger partial charge on any atom is -0.391 e. The minimum absolute atomic E-state index is 0.264. The summed E-state index contributed by atoms with van der Waals surface area (Å²) in [7, 11) is 0. The maximum Gasteiger partial charge on any atom is 0.150 e. The van der Waals surface area contributed by atoms with Gasteiger partial charge >= 0.3 is 0 Å². The molecule has 0 atom stereocenters. The Kier molecular flexibility index (Phi) is 4.90. The fourth-order valence-electron chi connectivity index (χ4n) is 4.88. The van der Waals surface area contributed by atoms with Gasteiger partial charge in [-0.2, -0.15) is 0 Å². The van der Waals surface area contributed by atoms with E-state index >= 15 is 0 Å². The Labute approximate surface area is 169 Å². The lowest BCUT2D eigenvalue weighted by molar-refractivity contribution is -0.900. The number of nitrogens with zero attached hydrogens (tertiary/aromatic N) is 4. The number of aryl methyl sites for hydroxylation is 2. The van der Waals surface area contributed by atoms with Crippen LogP contribution in [0.2, 0.25) is 0 Å². The molecule has 5 rings (SSSR count). The summed E-state index contributed by atoms with van der Waals surface area (Å²) < 4.78 is 1.19. The molecule has 28 heavy (non-hydrogen) atoms. The third-order valence-corrected chi connectivity index (χ3v) is 7.33. The number of anilines is 1. The molecule has 0 amide bonds. The van der Waals surface area contributed by atoms with Gasteiger partial charge in [-0.15, -0.1) is 11.3 Å². The number of thiophene rings is 1. The second-order valence-corrected chi connectivity index (χ2v) is 8.99. The topological polar surface area (TPSA) is 66.6 Å². The summed E-state index contributed by atoms with van der Waals surface area (Å²) in [6.45, 7) is 7.38. The van der Waals surface area contributed by atoms with E-state index in [1.165, 1.54) is 44.6 Å². The van der Waals surface area contributed by atoms with Crippen LogP contribution in [0.4, 0.5) is 5.82 Å². The van der Waals surface area contributed by atoms with Gasteiger partial charge in [-0.1, -0.05) is 13.3 Å². The average Bonchev–Trinajstić information content (AvgIpc) is 3.33. The van der Waals surface area contributed by atoms with Gasteiger partial charge in [-0.3, -0.25) is 0 Å². The number of aromatic nitrogens is 3. The van der Waals surface area contributed by atoms with Crippen molar-refractivity contribution in [2.24, 2.45) is 0 Å². The molecule has 4 heterocycles. The Bertz CT molecular complexity index is 1010. The minimum atomic E-state index is 0.264. The first-order chi connectivity index (χ1) is 13.8. The zero-order valence-corrected chi connectivity index (χ0v) is 17.3. The highest BCUT2D eigenvalue weighted by Crippen LogP contribution is 2.42. The third-order valence-electron chi connectivity index (χ3n) is 6.26. The van der Waals surface area contributed by atoms with Crippen molar-refractivity contribution in [2.45, 2.75) is 39.0 Å². The molecule has 1 aliphatic heterocycles. The SMILES string of the molecule is CCCc1nc2sc3c(N4CC[NH+](CCO)CC4)ncnc3c2c2c1CCC2. The quantitative estimate of drug-likeness (QED) is 0.680. The van der Waals surface area contributed by atoms with Crippen LogP contribution in [0.5, 0.6) is 0 Å². The Hall–Kier alpha value is -1.83. The molecule has 0 spiro atoms. The molecule has 6 nitrogen and oxygen atoms in total. The van der Waals surface area contributed by atoms with Crippen LogP contribution < -0.4 is 9.80 Å². The van der Waals surface area contributed by atoms with Crippen molar-refractivity contribution in [2.75, 3.05) is 44.2 Å². The first-order valence-electron chi connectivity index (χ1n) is 10.6. The lowest BCUT2D eigenvalue weighted by atomic mass is 10.0. The fraction of sp³-hybridized carbons (Fsp3) is 0.571. The Balaban J connectivity index is 1.59. The van der Waals surface area contributed by atoms with Crippen LogP contribution in [-0.2, 0) is 19.3 Å². The van der Waals surface area contributed by atoms with Crippen LogP contribution in [0, 0.1) is 0 Å². The van der Waals surface area contributed by atoms with Gasteiger partial charge in [0.1, 0.15) is 17.7 Å². The monoisotopic (exact) mass is 398 g/mol. The van der Waals surface area contributed by atoms with E-state index in [2.05, 4.69) is 16.8 Å². The third kappa shape index (κ3) is 2.96. The summed E-state index contributed by atoms with van der Waals surface area (Å²) in [5.41, 5.74) is 5.41. The predicted molar refractivity (Wildman–Crippen MR) is 114 cm³/mol. The van der Waals surface area contributed by atoms with Crippen molar-refractivity contribution in [3.63, 3.8) is 0 Å². The predicted octanol–water partition coefficient (Wildman–Crippen LogP) is 1.38. The number of fused-ring (bicyclic) bond motifs is 5. The lowest BCUT2D eigenvalue weighted by Crippen LogP contribution is -3.15. The van der Waals surface area contributed by atoms with Crippen molar-refractivity contribution < 1.29 is 10.0 Å². The highest BCUT2D eigenvalue weighted by atomic mass is 32.1. The summed E-state index contributed by atoms with van der Waals surface area (Å²) in [6.07, 6.45) is 7.50. The van der Waals surface area contributed by atoms with Crippen molar-refractivity contribution in [3.05, 3.63) is 23.1 Å². The number of rotatable bonds is 5. The molecule has 7 heteroatoms. The molecule has 0 radical (unpaired) electrons. The maximum absolute atomic E-state index is 9.20.